The molecule has 1 fully saturated rings. The lowest BCUT2D eigenvalue weighted by Gasteiger charge is -2.35. The number of aromatic nitrogens is 2. The van der Waals surface area contributed by atoms with Crippen LogP contribution in [0.3, 0.4) is 0 Å². The lowest BCUT2D eigenvalue weighted by molar-refractivity contribution is 0.0599. The lowest BCUT2D eigenvalue weighted by atomic mass is 10.2. The molecule has 2 N–H and O–H groups in total. The molecule has 0 spiro atoms. The highest BCUT2D eigenvalue weighted by Crippen LogP contribution is 2.11. The Kier molecular flexibility index (Phi) is 4.39. The van der Waals surface area contributed by atoms with Crippen LogP contribution in [0.5, 0.6) is 0 Å². The summed E-state index contributed by atoms with van der Waals surface area (Å²) < 4.78 is 0. The average Bonchev–Trinajstić information content (AvgIpc) is 2.87. The lowest BCUT2D eigenvalue weighted by Crippen LogP contribution is -2.49. The fourth-order valence-corrected chi connectivity index (χ4v) is 2.42. The zero-order chi connectivity index (χ0) is 14.7. The highest BCUT2D eigenvalue weighted by Gasteiger charge is 2.27. The first-order chi connectivity index (χ1) is 9.49. The average molecular weight is 280 g/mol. The molecule has 0 aliphatic carbocycles. The summed E-state index contributed by atoms with van der Waals surface area (Å²) in [5, 5.41) is 8.99. The molecular formula is C13H20N4O3. The molecule has 110 valence electrons. The van der Waals surface area contributed by atoms with Crippen LogP contribution in [0, 0.1) is 5.92 Å². The molecule has 7 nitrogen and oxygen atoms in total. The summed E-state index contributed by atoms with van der Waals surface area (Å²) in [4.78, 5) is 33.6. The van der Waals surface area contributed by atoms with Crippen LogP contribution in [0.4, 0.5) is 0 Å². The number of carbonyl (C=O) groups excluding carboxylic acids is 1. The second-order valence-corrected chi connectivity index (χ2v) is 5.42. The van der Waals surface area contributed by atoms with E-state index in [2.05, 4.69) is 28.7 Å². The van der Waals surface area contributed by atoms with Gasteiger partial charge in [0.15, 0.2) is 11.4 Å². The number of nitrogens with zero attached hydrogens (tertiary/aromatic N) is 3. The van der Waals surface area contributed by atoms with Crippen molar-refractivity contribution in [1.29, 1.82) is 0 Å². The van der Waals surface area contributed by atoms with Gasteiger partial charge in [-0.25, -0.2) is 9.78 Å². The van der Waals surface area contributed by atoms with Gasteiger partial charge in [-0.15, -0.1) is 0 Å². The normalized spacial score (nSPS) is 16.6. The number of aromatic amines is 1. The van der Waals surface area contributed by atoms with E-state index in [0.717, 1.165) is 19.6 Å². The fourth-order valence-electron chi connectivity index (χ4n) is 2.42. The molecule has 1 aromatic heterocycles. The van der Waals surface area contributed by atoms with Crippen molar-refractivity contribution in [2.24, 2.45) is 5.92 Å². The third-order valence-electron chi connectivity index (χ3n) is 3.34. The minimum absolute atomic E-state index is 0.00481. The number of amides is 1. The number of nitrogens with one attached hydrogen (secondary N) is 1. The van der Waals surface area contributed by atoms with Gasteiger partial charge in [0.2, 0.25) is 0 Å². The molecule has 0 aromatic carbocycles. The molecule has 0 radical (unpaired) electrons. The summed E-state index contributed by atoms with van der Waals surface area (Å²) in [6, 6.07) is 0. The van der Waals surface area contributed by atoms with Gasteiger partial charge in [0.25, 0.3) is 5.91 Å². The quantitative estimate of drug-likeness (QED) is 0.839. The number of rotatable bonds is 4. The van der Waals surface area contributed by atoms with E-state index in [1.807, 2.05) is 0 Å². The van der Waals surface area contributed by atoms with Crippen molar-refractivity contribution < 1.29 is 14.7 Å². The minimum atomic E-state index is -1.16. The van der Waals surface area contributed by atoms with Crippen LogP contribution in [0.1, 0.15) is 34.8 Å². The first-order valence-corrected chi connectivity index (χ1v) is 6.77. The van der Waals surface area contributed by atoms with Crippen molar-refractivity contribution in [2.75, 3.05) is 32.7 Å². The minimum Gasteiger partial charge on any atom is -0.477 e. The highest BCUT2D eigenvalue weighted by molar-refractivity contribution is 6.02. The maximum atomic E-state index is 12.3. The van der Waals surface area contributed by atoms with E-state index < -0.39 is 5.97 Å². The number of carboxylic acids is 1. The molecule has 2 rings (SSSR count). The number of hydrogen-bond acceptors (Lipinski definition) is 4. The van der Waals surface area contributed by atoms with Crippen LogP contribution in [-0.2, 0) is 0 Å². The van der Waals surface area contributed by atoms with Gasteiger partial charge < -0.3 is 15.0 Å². The molecule has 7 heteroatoms. The van der Waals surface area contributed by atoms with E-state index >= 15 is 0 Å². The molecule has 1 aliphatic heterocycles. The van der Waals surface area contributed by atoms with Crippen molar-refractivity contribution in [2.45, 2.75) is 13.8 Å². The van der Waals surface area contributed by atoms with E-state index in [4.69, 9.17) is 5.11 Å². The first-order valence-electron chi connectivity index (χ1n) is 6.77. The van der Waals surface area contributed by atoms with Crippen LogP contribution in [0.15, 0.2) is 6.33 Å². The Bertz CT molecular complexity index is 490. The Balaban J connectivity index is 1.98. The number of aromatic carboxylic acids is 1. The Labute approximate surface area is 117 Å². The SMILES string of the molecule is CC(C)CN1CCN(C(=O)c2nc[nH]c2C(=O)O)CC1. The molecule has 1 saturated heterocycles. The van der Waals surface area contributed by atoms with Gasteiger partial charge >= 0.3 is 5.97 Å². The monoisotopic (exact) mass is 280 g/mol. The maximum Gasteiger partial charge on any atom is 0.354 e. The van der Waals surface area contributed by atoms with Gasteiger partial charge in [0.1, 0.15) is 0 Å². The Morgan fingerprint density at radius 3 is 2.55 bits per heavy atom. The number of imidazole rings is 1. The summed E-state index contributed by atoms with van der Waals surface area (Å²) in [5.41, 5.74) is -0.144. The Morgan fingerprint density at radius 1 is 1.35 bits per heavy atom. The maximum absolute atomic E-state index is 12.3. The molecule has 1 aromatic rings. The van der Waals surface area contributed by atoms with Crippen LogP contribution in [-0.4, -0.2) is 69.5 Å². The summed E-state index contributed by atoms with van der Waals surface area (Å²) >= 11 is 0. The van der Waals surface area contributed by atoms with E-state index in [1.165, 1.54) is 6.33 Å². The van der Waals surface area contributed by atoms with Crippen molar-refractivity contribution in [3.8, 4) is 0 Å². The topological polar surface area (TPSA) is 89.5 Å². The summed E-state index contributed by atoms with van der Waals surface area (Å²) in [7, 11) is 0. The first kappa shape index (κ1) is 14.5. The van der Waals surface area contributed by atoms with Crippen molar-refractivity contribution in [1.82, 2.24) is 19.8 Å². The molecule has 0 unspecified atom stereocenters. The third kappa shape index (κ3) is 3.16. The molecular weight excluding hydrogens is 260 g/mol. The standard InChI is InChI=1S/C13H20N4O3/c1-9(2)7-16-3-5-17(6-4-16)12(18)10-11(13(19)20)15-8-14-10/h8-9H,3-7H2,1-2H3,(H,14,15)(H,19,20). The van der Waals surface area contributed by atoms with Gasteiger partial charge in [-0.05, 0) is 5.92 Å². The molecule has 20 heavy (non-hydrogen) atoms. The fraction of sp³-hybridized carbons (Fsp3) is 0.615. The summed E-state index contributed by atoms with van der Waals surface area (Å²) in [6.07, 6.45) is 1.24. The van der Waals surface area contributed by atoms with E-state index in [-0.39, 0.29) is 17.3 Å². The second-order valence-electron chi connectivity index (χ2n) is 5.42. The predicted octanol–water partition coefficient (Wildman–Crippen LogP) is 0.522. The van der Waals surface area contributed by atoms with Crippen molar-refractivity contribution in [3.63, 3.8) is 0 Å². The summed E-state index contributed by atoms with van der Waals surface area (Å²) in [5.74, 6) is -0.876. The zero-order valence-corrected chi connectivity index (χ0v) is 11.8. The number of carboxylic acid groups (broad SMARTS) is 1. The summed E-state index contributed by atoms with van der Waals surface area (Å²) in [6.45, 7) is 8.20. The van der Waals surface area contributed by atoms with Crippen LogP contribution >= 0.6 is 0 Å². The van der Waals surface area contributed by atoms with Gasteiger partial charge in [-0.3, -0.25) is 9.69 Å². The molecule has 0 atom stereocenters. The molecule has 2 heterocycles. The predicted molar refractivity (Wildman–Crippen MR) is 72.7 cm³/mol. The van der Waals surface area contributed by atoms with Crippen LogP contribution < -0.4 is 0 Å². The number of hydrogen-bond donors (Lipinski definition) is 2. The zero-order valence-electron chi connectivity index (χ0n) is 11.8. The number of piperazine rings is 1. The number of carbonyl (C=O) groups is 2. The van der Waals surface area contributed by atoms with Gasteiger partial charge in [0.05, 0.1) is 6.33 Å². The van der Waals surface area contributed by atoms with E-state index in [1.54, 1.807) is 4.90 Å². The smallest absolute Gasteiger partial charge is 0.354 e. The number of H-pyrrole nitrogens is 1. The Morgan fingerprint density at radius 2 is 2.00 bits per heavy atom. The largest absolute Gasteiger partial charge is 0.477 e. The highest BCUT2D eigenvalue weighted by atomic mass is 16.4. The van der Waals surface area contributed by atoms with Gasteiger partial charge in [0, 0.05) is 32.7 Å². The van der Waals surface area contributed by atoms with Crippen molar-refractivity contribution >= 4 is 11.9 Å². The van der Waals surface area contributed by atoms with Gasteiger partial charge in [-0.2, -0.15) is 0 Å². The molecule has 0 bridgehead atoms. The van der Waals surface area contributed by atoms with Crippen molar-refractivity contribution in [3.05, 3.63) is 17.7 Å². The van der Waals surface area contributed by atoms with Crippen LogP contribution in [0.25, 0.3) is 0 Å². The molecule has 0 saturated carbocycles. The van der Waals surface area contributed by atoms with Crippen LogP contribution in [0.2, 0.25) is 0 Å². The molecule has 1 aliphatic rings. The van der Waals surface area contributed by atoms with Gasteiger partial charge in [-0.1, -0.05) is 13.8 Å². The second kappa shape index (κ2) is 6.04. The van der Waals surface area contributed by atoms with E-state index in [0.29, 0.717) is 19.0 Å². The molecule has 1 amide bonds. The Hall–Kier alpha value is -1.89. The van der Waals surface area contributed by atoms with E-state index in [9.17, 15) is 9.59 Å². The third-order valence-corrected chi connectivity index (χ3v) is 3.34.